The summed E-state index contributed by atoms with van der Waals surface area (Å²) in [6, 6.07) is -0.308. The zero-order valence-corrected chi connectivity index (χ0v) is 9.38. The molecule has 1 saturated carbocycles. The lowest BCUT2D eigenvalue weighted by atomic mass is 10.1. The fourth-order valence-corrected chi connectivity index (χ4v) is 2.10. The van der Waals surface area contributed by atoms with E-state index in [1.807, 2.05) is 11.8 Å². The molecule has 0 aromatic heterocycles. The molecule has 15 heavy (non-hydrogen) atoms. The van der Waals surface area contributed by atoms with Gasteiger partial charge in [0.15, 0.2) is 0 Å². The number of nitrogens with one attached hydrogen (secondary N) is 1. The maximum Gasteiger partial charge on any atom is 0.245 e. The molecule has 0 aromatic rings. The van der Waals surface area contributed by atoms with Gasteiger partial charge in [0.05, 0.1) is 0 Å². The number of nitrogens with zero attached hydrogens (tertiary/aromatic N) is 1. The minimum absolute atomic E-state index is 0.00181. The largest absolute Gasteiger partial charge is 0.344 e. The van der Waals surface area contributed by atoms with Crippen LogP contribution in [0.2, 0.25) is 0 Å². The van der Waals surface area contributed by atoms with Gasteiger partial charge in [-0.25, -0.2) is 0 Å². The van der Waals surface area contributed by atoms with E-state index in [0.717, 1.165) is 12.8 Å². The highest BCUT2D eigenvalue weighted by atomic mass is 16.2. The molecular formula is C11H18N2O2. The van der Waals surface area contributed by atoms with Gasteiger partial charge in [-0.3, -0.25) is 9.59 Å². The summed E-state index contributed by atoms with van der Waals surface area (Å²) in [7, 11) is 0. The predicted molar refractivity (Wildman–Crippen MR) is 56.2 cm³/mol. The van der Waals surface area contributed by atoms with E-state index in [4.69, 9.17) is 0 Å². The zero-order valence-electron chi connectivity index (χ0n) is 9.38. The number of carbonyl (C=O) groups is 2. The SMILES string of the molecule is CCC1NC(=O)CCN(C2(C)CC2)C1=O. The summed E-state index contributed by atoms with van der Waals surface area (Å²) in [5.41, 5.74) is 0.0385. The van der Waals surface area contributed by atoms with Crippen molar-refractivity contribution in [2.75, 3.05) is 6.54 Å². The van der Waals surface area contributed by atoms with E-state index in [2.05, 4.69) is 12.2 Å². The Morgan fingerprint density at radius 3 is 2.67 bits per heavy atom. The average molecular weight is 210 g/mol. The van der Waals surface area contributed by atoms with Crippen LogP contribution in [0.1, 0.15) is 39.5 Å². The van der Waals surface area contributed by atoms with Crippen LogP contribution in [0.5, 0.6) is 0 Å². The van der Waals surface area contributed by atoms with E-state index in [1.54, 1.807) is 0 Å². The Balaban J connectivity index is 2.17. The van der Waals surface area contributed by atoms with E-state index in [1.165, 1.54) is 0 Å². The van der Waals surface area contributed by atoms with Gasteiger partial charge in [0.25, 0.3) is 0 Å². The van der Waals surface area contributed by atoms with Crippen LogP contribution in [0.25, 0.3) is 0 Å². The maximum absolute atomic E-state index is 12.1. The second kappa shape index (κ2) is 3.51. The van der Waals surface area contributed by atoms with E-state index in [9.17, 15) is 9.59 Å². The van der Waals surface area contributed by atoms with Gasteiger partial charge in [-0.2, -0.15) is 0 Å². The summed E-state index contributed by atoms with van der Waals surface area (Å²) in [4.78, 5) is 25.4. The molecule has 1 saturated heterocycles. The second-order valence-electron chi connectivity index (χ2n) is 4.77. The van der Waals surface area contributed by atoms with Crippen molar-refractivity contribution in [2.24, 2.45) is 0 Å². The second-order valence-corrected chi connectivity index (χ2v) is 4.77. The lowest BCUT2D eigenvalue weighted by Gasteiger charge is -2.29. The summed E-state index contributed by atoms with van der Waals surface area (Å²) >= 11 is 0. The molecule has 4 heteroatoms. The molecular weight excluding hydrogens is 192 g/mol. The van der Waals surface area contributed by atoms with Crippen molar-refractivity contribution in [3.63, 3.8) is 0 Å². The lowest BCUT2D eigenvalue weighted by Crippen LogP contribution is -2.48. The van der Waals surface area contributed by atoms with Gasteiger partial charge in [0, 0.05) is 18.5 Å². The van der Waals surface area contributed by atoms with Crippen LogP contribution in [-0.2, 0) is 9.59 Å². The monoisotopic (exact) mass is 210 g/mol. The van der Waals surface area contributed by atoms with Crippen molar-refractivity contribution in [1.29, 1.82) is 0 Å². The molecule has 1 heterocycles. The Morgan fingerprint density at radius 1 is 1.47 bits per heavy atom. The van der Waals surface area contributed by atoms with Crippen LogP contribution < -0.4 is 5.32 Å². The fraction of sp³-hybridized carbons (Fsp3) is 0.818. The van der Waals surface area contributed by atoms with Crippen LogP contribution in [0.15, 0.2) is 0 Å². The molecule has 1 aliphatic carbocycles. The molecule has 1 unspecified atom stereocenters. The summed E-state index contributed by atoms with van der Waals surface area (Å²) < 4.78 is 0. The predicted octanol–water partition coefficient (Wildman–Crippen LogP) is 0.666. The Bertz CT molecular complexity index is 297. The van der Waals surface area contributed by atoms with Crippen molar-refractivity contribution >= 4 is 11.8 Å². The molecule has 2 fully saturated rings. The Hall–Kier alpha value is -1.06. The Morgan fingerprint density at radius 2 is 2.13 bits per heavy atom. The normalized spacial score (nSPS) is 29.7. The van der Waals surface area contributed by atoms with Crippen LogP contribution in [-0.4, -0.2) is 34.8 Å². The average Bonchev–Trinajstić information content (AvgIpc) is 2.94. The lowest BCUT2D eigenvalue weighted by molar-refractivity contribution is -0.136. The molecule has 0 spiro atoms. The Labute approximate surface area is 90.0 Å². The molecule has 1 aliphatic heterocycles. The van der Waals surface area contributed by atoms with Crippen molar-refractivity contribution in [1.82, 2.24) is 10.2 Å². The third-order valence-corrected chi connectivity index (χ3v) is 3.50. The van der Waals surface area contributed by atoms with E-state index in [0.29, 0.717) is 19.4 Å². The van der Waals surface area contributed by atoms with Crippen molar-refractivity contribution < 1.29 is 9.59 Å². The van der Waals surface area contributed by atoms with Crippen molar-refractivity contribution in [3.05, 3.63) is 0 Å². The van der Waals surface area contributed by atoms with Crippen molar-refractivity contribution in [3.8, 4) is 0 Å². The van der Waals surface area contributed by atoms with E-state index in [-0.39, 0.29) is 23.4 Å². The highest BCUT2D eigenvalue weighted by molar-refractivity contribution is 5.90. The van der Waals surface area contributed by atoms with Crippen LogP contribution in [0.3, 0.4) is 0 Å². The minimum atomic E-state index is -0.308. The van der Waals surface area contributed by atoms with E-state index < -0.39 is 0 Å². The first-order chi connectivity index (χ1) is 7.07. The highest BCUT2D eigenvalue weighted by Crippen LogP contribution is 2.41. The molecule has 2 aliphatic rings. The first-order valence-electron chi connectivity index (χ1n) is 5.68. The quantitative estimate of drug-likeness (QED) is 0.728. The first-order valence-corrected chi connectivity index (χ1v) is 5.68. The third kappa shape index (κ3) is 1.85. The number of carbonyl (C=O) groups excluding carboxylic acids is 2. The molecule has 0 radical (unpaired) electrons. The molecule has 84 valence electrons. The smallest absolute Gasteiger partial charge is 0.245 e. The maximum atomic E-state index is 12.1. The van der Waals surface area contributed by atoms with Crippen LogP contribution >= 0.6 is 0 Å². The molecule has 0 aromatic carbocycles. The number of hydrogen-bond acceptors (Lipinski definition) is 2. The minimum Gasteiger partial charge on any atom is -0.344 e. The van der Waals surface area contributed by atoms with Crippen LogP contribution in [0.4, 0.5) is 0 Å². The molecule has 2 amide bonds. The number of hydrogen-bond donors (Lipinski definition) is 1. The highest BCUT2D eigenvalue weighted by Gasteiger charge is 2.47. The molecule has 0 bridgehead atoms. The van der Waals surface area contributed by atoms with Crippen molar-refractivity contribution in [2.45, 2.75) is 51.1 Å². The molecule has 1 N–H and O–H groups in total. The Kier molecular flexibility index (Phi) is 2.44. The number of amides is 2. The van der Waals surface area contributed by atoms with Gasteiger partial charge in [-0.05, 0) is 26.2 Å². The van der Waals surface area contributed by atoms with Gasteiger partial charge in [-0.1, -0.05) is 6.92 Å². The summed E-state index contributed by atoms with van der Waals surface area (Å²) in [5, 5.41) is 2.78. The summed E-state index contributed by atoms with van der Waals surface area (Å²) in [5.74, 6) is 0.102. The van der Waals surface area contributed by atoms with Gasteiger partial charge >= 0.3 is 0 Å². The molecule has 4 nitrogen and oxygen atoms in total. The molecule has 1 atom stereocenters. The topological polar surface area (TPSA) is 49.4 Å². The van der Waals surface area contributed by atoms with Crippen LogP contribution in [0, 0.1) is 0 Å². The number of rotatable bonds is 2. The third-order valence-electron chi connectivity index (χ3n) is 3.50. The van der Waals surface area contributed by atoms with Gasteiger partial charge in [-0.15, -0.1) is 0 Å². The summed E-state index contributed by atoms with van der Waals surface area (Å²) in [6.45, 7) is 4.62. The first kappa shape index (κ1) is 10.5. The fourth-order valence-electron chi connectivity index (χ4n) is 2.10. The summed E-state index contributed by atoms with van der Waals surface area (Å²) in [6.07, 6.45) is 3.27. The van der Waals surface area contributed by atoms with Gasteiger partial charge < -0.3 is 10.2 Å². The van der Waals surface area contributed by atoms with E-state index >= 15 is 0 Å². The standard InChI is InChI=1S/C11H18N2O2/c1-3-8-10(15)13(11(2)5-6-11)7-4-9(14)12-8/h8H,3-7H2,1-2H3,(H,12,14). The zero-order chi connectivity index (χ0) is 11.1. The van der Waals surface area contributed by atoms with Gasteiger partial charge in [0.1, 0.15) is 6.04 Å². The van der Waals surface area contributed by atoms with Gasteiger partial charge in [0.2, 0.25) is 11.8 Å². The molecule has 2 rings (SSSR count).